The third-order valence-electron chi connectivity index (χ3n) is 3.32. The second kappa shape index (κ2) is 4.45. The fraction of sp³-hybridized carbons (Fsp3) is 0.538. The molecule has 0 aliphatic carbocycles. The van der Waals surface area contributed by atoms with Crippen LogP contribution in [0.4, 0.5) is 5.82 Å². The molecule has 0 aromatic carbocycles. The fourth-order valence-corrected chi connectivity index (χ4v) is 2.00. The monoisotopic (exact) mass is 234 g/mol. The first-order chi connectivity index (χ1) is 7.98. The Labute approximate surface area is 101 Å². The first-order valence-electron chi connectivity index (χ1n) is 5.92. The van der Waals surface area contributed by atoms with E-state index in [1.54, 1.807) is 12.3 Å². The van der Waals surface area contributed by atoms with Crippen molar-refractivity contribution in [3.8, 4) is 0 Å². The van der Waals surface area contributed by atoms with Crippen LogP contribution in [0.25, 0.3) is 0 Å². The molecule has 2 rings (SSSR count). The topological polar surface area (TPSA) is 53.4 Å². The average Bonchev–Trinajstić information content (AvgIpc) is 2.29. The molecule has 0 amide bonds. The molecule has 4 heteroatoms. The number of rotatable bonds is 2. The number of hydrogen-bond acceptors (Lipinski definition) is 4. The summed E-state index contributed by atoms with van der Waals surface area (Å²) in [4.78, 5) is 17.6. The Hall–Kier alpha value is -1.42. The number of Topliss-reactive ketones (excluding diaryl/α,β-unsaturated/α-hetero) is 1. The third kappa shape index (κ3) is 2.82. The highest BCUT2D eigenvalue weighted by Gasteiger charge is 2.27. The van der Waals surface area contributed by atoms with Crippen LogP contribution in [0.1, 0.15) is 37.0 Å². The van der Waals surface area contributed by atoms with Crippen molar-refractivity contribution in [1.82, 2.24) is 4.98 Å². The highest BCUT2D eigenvalue weighted by Crippen LogP contribution is 2.24. The number of carbonyl (C=O) groups excluding carboxylic acids is 1. The first kappa shape index (κ1) is 12.0. The van der Waals surface area contributed by atoms with Gasteiger partial charge < -0.3 is 10.0 Å². The number of nitrogens with zero attached hydrogens (tertiary/aromatic N) is 2. The minimum Gasteiger partial charge on any atom is -0.390 e. The van der Waals surface area contributed by atoms with Gasteiger partial charge in [0.2, 0.25) is 0 Å². The van der Waals surface area contributed by atoms with Crippen LogP contribution >= 0.6 is 0 Å². The minimum atomic E-state index is -0.546. The summed E-state index contributed by atoms with van der Waals surface area (Å²) in [5.74, 6) is 0.913. The summed E-state index contributed by atoms with van der Waals surface area (Å²) in [6, 6.07) is 3.67. The van der Waals surface area contributed by atoms with Crippen molar-refractivity contribution in [2.24, 2.45) is 0 Å². The summed E-state index contributed by atoms with van der Waals surface area (Å²) in [6.07, 6.45) is 3.12. The molecule has 0 atom stereocenters. The molecule has 1 aromatic heterocycles. The van der Waals surface area contributed by atoms with Crippen molar-refractivity contribution < 1.29 is 9.90 Å². The zero-order valence-electron chi connectivity index (χ0n) is 10.3. The van der Waals surface area contributed by atoms with Crippen molar-refractivity contribution in [3.63, 3.8) is 0 Å². The normalized spacial score (nSPS) is 19.1. The molecule has 1 fully saturated rings. The van der Waals surface area contributed by atoms with E-state index in [2.05, 4.69) is 9.88 Å². The fourth-order valence-electron chi connectivity index (χ4n) is 2.00. The van der Waals surface area contributed by atoms with E-state index >= 15 is 0 Å². The van der Waals surface area contributed by atoms with Gasteiger partial charge in [-0.25, -0.2) is 4.98 Å². The second-order valence-corrected chi connectivity index (χ2v) is 4.95. The van der Waals surface area contributed by atoms with Gasteiger partial charge in [-0.3, -0.25) is 4.79 Å². The number of ketones is 1. The van der Waals surface area contributed by atoms with E-state index in [0.29, 0.717) is 5.56 Å². The summed E-state index contributed by atoms with van der Waals surface area (Å²) in [5.41, 5.74) is 0.0910. The maximum Gasteiger partial charge on any atom is 0.161 e. The van der Waals surface area contributed by atoms with Gasteiger partial charge in [-0.1, -0.05) is 0 Å². The zero-order chi connectivity index (χ0) is 12.5. The summed E-state index contributed by atoms with van der Waals surface area (Å²) in [7, 11) is 0. The van der Waals surface area contributed by atoms with Gasteiger partial charge in [-0.2, -0.15) is 0 Å². The molecule has 0 bridgehead atoms. The zero-order valence-corrected chi connectivity index (χ0v) is 10.3. The number of aliphatic hydroxyl groups is 1. The minimum absolute atomic E-state index is 0.0330. The Morgan fingerprint density at radius 3 is 2.53 bits per heavy atom. The van der Waals surface area contributed by atoms with Crippen LogP contribution in [0.15, 0.2) is 18.3 Å². The molecule has 4 nitrogen and oxygen atoms in total. The van der Waals surface area contributed by atoms with Crippen LogP contribution in [0.2, 0.25) is 0 Å². The molecular weight excluding hydrogens is 216 g/mol. The Morgan fingerprint density at radius 1 is 1.41 bits per heavy atom. The largest absolute Gasteiger partial charge is 0.390 e. The maximum absolute atomic E-state index is 11.1. The van der Waals surface area contributed by atoms with E-state index in [4.69, 9.17) is 0 Å². The van der Waals surface area contributed by atoms with E-state index in [1.165, 1.54) is 6.92 Å². The van der Waals surface area contributed by atoms with Gasteiger partial charge in [-0.15, -0.1) is 0 Å². The summed E-state index contributed by atoms with van der Waals surface area (Å²) < 4.78 is 0. The van der Waals surface area contributed by atoms with Crippen molar-refractivity contribution in [1.29, 1.82) is 0 Å². The highest BCUT2D eigenvalue weighted by atomic mass is 16.3. The van der Waals surface area contributed by atoms with E-state index in [-0.39, 0.29) is 5.78 Å². The lowest BCUT2D eigenvalue weighted by Gasteiger charge is -2.36. The summed E-state index contributed by atoms with van der Waals surface area (Å²) in [6.45, 7) is 5.02. The number of carbonyl (C=O) groups is 1. The SMILES string of the molecule is CC(=O)c1ccc(N2CCC(C)(O)CC2)nc1. The van der Waals surface area contributed by atoms with Crippen LogP contribution in [0.3, 0.4) is 0 Å². The summed E-state index contributed by atoms with van der Waals surface area (Å²) >= 11 is 0. The van der Waals surface area contributed by atoms with E-state index in [9.17, 15) is 9.90 Å². The average molecular weight is 234 g/mol. The number of pyridine rings is 1. The molecule has 0 radical (unpaired) electrons. The van der Waals surface area contributed by atoms with Crippen molar-refractivity contribution in [3.05, 3.63) is 23.9 Å². The number of hydrogen-bond donors (Lipinski definition) is 1. The Kier molecular flexibility index (Phi) is 3.15. The first-order valence-corrected chi connectivity index (χ1v) is 5.92. The molecule has 0 unspecified atom stereocenters. The lowest BCUT2D eigenvalue weighted by molar-refractivity contribution is 0.0350. The lowest BCUT2D eigenvalue weighted by Crippen LogP contribution is -2.42. The Bertz CT molecular complexity index is 402. The van der Waals surface area contributed by atoms with Crippen molar-refractivity contribution in [2.75, 3.05) is 18.0 Å². The molecule has 0 spiro atoms. The molecule has 92 valence electrons. The molecule has 1 aromatic rings. The van der Waals surface area contributed by atoms with E-state index in [1.807, 2.05) is 13.0 Å². The van der Waals surface area contributed by atoms with Crippen LogP contribution < -0.4 is 4.90 Å². The Morgan fingerprint density at radius 2 is 2.06 bits per heavy atom. The maximum atomic E-state index is 11.1. The van der Waals surface area contributed by atoms with Gasteiger partial charge in [0.1, 0.15) is 5.82 Å². The van der Waals surface area contributed by atoms with Crippen LogP contribution in [0, 0.1) is 0 Å². The molecule has 1 saturated heterocycles. The second-order valence-electron chi connectivity index (χ2n) is 4.95. The predicted molar refractivity (Wildman–Crippen MR) is 66.3 cm³/mol. The van der Waals surface area contributed by atoms with Gasteiger partial charge in [-0.05, 0) is 38.8 Å². The third-order valence-corrected chi connectivity index (χ3v) is 3.32. The molecule has 0 saturated carbocycles. The standard InChI is InChI=1S/C13H18N2O2/c1-10(16)11-3-4-12(14-9-11)15-7-5-13(2,17)6-8-15/h3-4,9,17H,5-8H2,1-2H3. The lowest BCUT2D eigenvalue weighted by atomic mass is 9.94. The highest BCUT2D eigenvalue weighted by molar-refractivity contribution is 5.93. The van der Waals surface area contributed by atoms with Crippen LogP contribution in [-0.4, -0.2) is 34.6 Å². The van der Waals surface area contributed by atoms with Crippen molar-refractivity contribution in [2.45, 2.75) is 32.3 Å². The smallest absolute Gasteiger partial charge is 0.161 e. The van der Waals surface area contributed by atoms with E-state index < -0.39 is 5.60 Å². The molecule has 1 N–H and O–H groups in total. The summed E-state index contributed by atoms with van der Waals surface area (Å²) in [5, 5.41) is 9.86. The van der Waals surface area contributed by atoms with Gasteiger partial charge in [0, 0.05) is 24.8 Å². The molecule has 1 aliphatic heterocycles. The van der Waals surface area contributed by atoms with Crippen LogP contribution in [-0.2, 0) is 0 Å². The number of aromatic nitrogens is 1. The molecule has 1 aliphatic rings. The predicted octanol–water partition coefficient (Wildman–Crippen LogP) is 1.64. The Balaban J connectivity index is 2.06. The van der Waals surface area contributed by atoms with Gasteiger partial charge in [0.15, 0.2) is 5.78 Å². The molecule has 2 heterocycles. The number of piperidine rings is 1. The number of anilines is 1. The van der Waals surface area contributed by atoms with Gasteiger partial charge in [0.25, 0.3) is 0 Å². The van der Waals surface area contributed by atoms with Crippen molar-refractivity contribution >= 4 is 11.6 Å². The molecular formula is C13H18N2O2. The van der Waals surface area contributed by atoms with Gasteiger partial charge in [0.05, 0.1) is 5.60 Å². The molecule has 17 heavy (non-hydrogen) atoms. The van der Waals surface area contributed by atoms with Crippen LogP contribution in [0.5, 0.6) is 0 Å². The quantitative estimate of drug-likeness (QED) is 0.790. The van der Waals surface area contributed by atoms with Gasteiger partial charge >= 0.3 is 0 Å². The van der Waals surface area contributed by atoms with E-state index in [0.717, 1.165) is 31.7 Å².